The van der Waals surface area contributed by atoms with Gasteiger partial charge in [-0.1, -0.05) is 54.6 Å². The molecule has 4 heteroatoms. The van der Waals surface area contributed by atoms with Crippen LogP contribution in [0.1, 0.15) is 10.4 Å². The average molecular weight is 277 g/mol. The molecule has 21 heavy (non-hydrogen) atoms. The van der Waals surface area contributed by atoms with Crippen LogP contribution in [0.4, 0.5) is 5.82 Å². The van der Waals surface area contributed by atoms with Gasteiger partial charge in [-0.05, 0) is 22.8 Å². The number of anilines is 1. The largest absolute Gasteiger partial charge is 0.385 e. The number of aromatic amines is 1. The van der Waals surface area contributed by atoms with E-state index in [-0.39, 0.29) is 0 Å². The summed E-state index contributed by atoms with van der Waals surface area (Å²) < 4.78 is 0. The zero-order chi connectivity index (χ0) is 14.8. The van der Waals surface area contributed by atoms with Crippen molar-refractivity contribution in [3.8, 4) is 22.4 Å². The molecule has 3 aromatic rings. The van der Waals surface area contributed by atoms with Crippen molar-refractivity contribution < 1.29 is 4.79 Å². The molecule has 0 fully saturated rings. The number of primary amides is 1. The van der Waals surface area contributed by atoms with Crippen molar-refractivity contribution >= 4 is 11.7 Å². The van der Waals surface area contributed by atoms with E-state index in [1.807, 2.05) is 42.5 Å². The topological polar surface area (TPSA) is 84.9 Å². The molecule has 5 N–H and O–H groups in total. The van der Waals surface area contributed by atoms with Crippen LogP contribution < -0.4 is 11.5 Å². The predicted octanol–water partition coefficient (Wildman–Crippen LogP) is 3.03. The summed E-state index contributed by atoms with van der Waals surface area (Å²) in [5.41, 5.74) is 15.4. The van der Waals surface area contributed by atoms with Crippen molar-refractivity contribution in [2.45, 2.75) is 0 Å². The quantitative estimate of drug-likeness (QED) is 0.687. The van der Waals surface area contributed by atoms with Crippen molar-refractivity contribution in [1.29, 1.82) is 0 Å². The molecule has 2 aromatic carbocycles. The first-order valence-electron chi connectivity index (χ1n) is 6.59. The summed E-state index contributed by atoms with van der Waals surface area (Å²) >= 11 is 0. The van der Waals surface area contributed by atoms with Gasteiger partial charge in [-0.3, -0.25) is 4.79 Å². The van der Waals surface area contributed by atoms with Gasteiger partial charge in [0.05, 0.1) is 5.56 Å². The van der Waals surface area contributed by atoms with E-state index in [4.69, 9.17) is 11.5 Å². The number of benzene rings is 2. The smallest absolute Gasteiger partial charge is 0.252 e. The number of H-pyrrole nitrogens is 1. The Morgan fingerprint density at radius 3 is 2.00 bits per heavy atom. The molecule has 0 radical (unpaired) electrons. The fraction of sp³-hybridized carbons (Fsp3) is 0. The Bertz CT molecular complexity index is 774. The minimum atomic E-state index is -0.532. The third kappa shape index (κ3) is 2.51. The van der Waals surface area contributed by atoms with Crippen LogP contribution in [-0.2, 0) is 0 Å². The first-order valence-corrected chi connectivity index (χ1v) is 6.59. The lowest BCUT2D eigenvalue weighted by Crippen LogP contribution is -2.11. The summed E-state index contributed by atoms with van der Waals surface area (Å²) in [5.74, 6) is -0.236. The predicted molar refractivity (Wildman–Crippen MR) is 84.6 cm³/mol. The second kappa shape index (κ2) is 5.17. The zero-order valence-corrected chi connectivity index (χ0v) is 11.3. The standard InChI is InChI=1S/C17H15N3O/c18-16-14(17(19)21)10-15(20-16)13-8-6-12(7-9-13)11-4-2-1-3-5-11/h1-10,20H,18H2,(H2,19,21). The highest BCUT2D eigenvalue weighted by atomic mass is 16.1. The Balaban J connectivity index is 1.94. The van der Waals surface area contributed by atoms with Gasteiger partial charge >= 0.3 is 0 Å². The summed E-state index contributed by atoms with van der Waals surface area (Å²) in [5, 5.41) is 0. The lowest BCUT2D eigenvalue weighted by atomic mass is 10.0. The van der Waals surface area contributed by atoms with Gasteiger partial charge in [-0.15, -0.1) is 0 Å². The number of rotatable bonds is 3. The van der Waals surface area contributed by atoms with Crippen molar-refractivity contribution in [1.82, 2.24) is 4.98 Å². The molecule has 0 saturated heterocycles. The van der Waals surface area contributed by atoms with Crippen LogP contribution in [0.25, 0.3) is 22.4 Å². The Hall–Kier alpha value is -3.01. The highest BCUT2D eigenvalue weighted by molar-refractivity contribution is 5.99. The minimum Gasteiger partial charge on any atom is -0.385 e. The fourth-order valence-corrected chi connectivity index (χ4v) is 2.30. The van der Waals surface area contributed by atoms with Gasteiger partial charge < -0.3 is 16.5 Å². The summed E-state index contributed by atoms with van der Waals surface area (Å²) in [6, 6.07) is 19.8. The van der Waals surface area contributed by atoms with Gasteiger partial charge in [-0.25, -0.2) is 0 Å². The van der Waals surface area contributed by atoms with Crippen molar-refractivity contribution in [3.63, 3.8) is 0 Å². The second-order valence-electron chi connectivity index (χ2n) is 4.82. The van der Waals surface area contributed by atoms with E-state index < -0.39 is 5.91 Å². The molecule has 104 valence electrons. The number of amides is 1. The van der Waals surface area contributed by atoms with Crippen LogP contribution in [0.2, 0.25) is 0 Å². The highest BCUT2D eigenvalue weighted by Gasteiger charge is 2.11. The molecule has 0 saturated carbocycles. The Morgan fingerprint density at radius 1 is 0.857 bits per heavy atom. The Labute approximate surface area is 122 Å². The minimum absolute atomic E-state index is 0.296. The van der Waals surface area contributed by atoms with E-state index in [1.54, 1.807) is 6.07 Å². The number of aromatic nitrogens is 1. The monoisotopic (exact) mass is 277 g/mol. The SMILES string of the molecule is NC(=O)c1cc(-c2ccc(-c3ccccc3)cc2)[nH]c1N. The van der Waals surface area contributed by atoms with Crippen LogP contribution in [0.5, 0.6) is 0 Å². The third-order valence-corrected chi connectivity index (χ3v) is 3.42. The molecule has 1 aromatic heterocycles. The molecule has 0 atom stereocenters. The van der Waals surface area contributed by atoms with Gasteiger partial charge in [0.1, 0.15) is 5.82 Å². The maximum absolute atomic E-state index is 11.2. The summed E-state index contributed by atoms with van der Waals surface area (Å²) in [6.45, 7) is 0. The molecule has 3 rings (SSSR count). The van der Waals surface area contributed by atoms with E-state index in [0.717, 1.165) is 22.4 Å². The molecule has 4 nitrogen and oxygen atoms in total. The summed E-state index contributed by atoms with van der Waals surface area (Å²) in [4.78, 5) is 14.2. The van der Waals surface area contributed by atoms with Crippen molar-refractivity contribution in [3.05, 3.63) is 66.2 Å². The number of carbonyl (C=O) groups is 1. The van der Waals surface area contributed by atoms with E-state index >= 15 is 0 Å². The lowest BCUT2D eigenvalue weighted by Gasteiger charge is -2.03. The number of hydrogen-bond donors (Lipinski definition) is 3. The first kappa shape index (κ1) is 13.0. The van der Waals surface area contributed by atoms with E-state index in [9.17, 15) is 4.79 Å². The Kier molecular flexibility index (Phi) is 3.20. The first-order chi connectivity index (χ1) is 10.1. The van der Waals surface area contributed by atoms with Crippen LogP contribution in [-0.4, -0.2) is 10.9 Å². The molecule has 0 unspecified atom stereocenters. The number of hydrogen-bond acceptors (Lipinski definition) is 2. The maximum atomic E-state index is 11.2. The lowest BCUT2D eigenvalue weighted by molar-refractivity contribution is 0.100. The molecule has 1 amide bonds. The zero-order valence-electron chi connectivity index (χ0n) is 11.3. The number of nitrogens with one attached hydrogen (secondary N) is 1. The van der Waals surface area contributed by atoms with Gasteiger partial charge in [0.25, 0.3) is 5.91 Å². The van der Waals surface area contributed by atoms with Gasteiger partial charge in [-0.2, -0.15) is 0 Å². The van der Waals surface area contributed by atoms with Gasteiger partial charge in [0.2, 0.25) is 0 Å². The maximum Gasteiger partial charge on any atom is 0.252 e. The molecule has 0 spiro atoms. The van der Waals surface area contributed by atoms with Gasteiger partial charge in [0.15, 0.2) is 0 Å². The molecular formula is C17H15N3O. The highest BCUT2D eigenvalue weighted by Crippen LogP contribution is 2.26. The van der Waals surface area contributed by atoms with Gasteiger partial charge in [0, 0.05) is 5.69 Å². The van der Waals surface area contributed by atoms with Crippen LogP contribution in [0.3, 0.4) is 0 Å². The average Bonchev–Trinajstić information content (AvgIpc) is 2.90. The number of nitrogen functional groups attached to an aromatic ring is 1. The number of carbonyl (C=O) groups excluding carboxylic acids is 1. The van der Waals surface area contributed by atoms with Crippen LogP contribution >= 0.6 is 0 Å². The molecular weight excluding hydrogens is 262 g/mol. The Morgan fingerprint density at radius 2 is 1.43 bits per heavy atom. The normalized spacial score (nSPS) is 10.5. The van der Waals surface area contributed by atoms with E-state index in [2.05, 4.69) is 17.1 Å². The molecule has 1 heterocycles. The second-order valence-corrected chi connectivity index (χ2v) is 4.82. The van der Waals surface area contributed by atoms with Crippen LogP contribution in [0, 0.1) is 0 Å². The summed E-state index contributed by atoms with van der Waals surface area (Å²) in [7, 11) is 0. The molecule has 0 aliphatic heterocycles. The van der Waals surface area contributed by atoms with Crippen molar-refractivity contribution in [2.24, 2.45) is 5.73 Å². The molecule has 0 aliphatic carbocycles. The molecule has 0 bridgehead atoms. The third-order valence-electron chi connectivity index (χ3n) is 3.42. The van der Waals surface area contributed by atoms with Crippen LogP contribution in [0.15, 0.2) is 60.7 Å². The number of nitrogens with two attached hydrogens (primary N) is 2. The molecule has 0 aliphatic rings. The summed E-state index contributed by atoms with van der Waals surface area (Å²) in [6.07, 6.45) is 0. The fourth-order valence-electron chi connectivity index (χ4n) is 2.30. The van der Waals surface area contributed by atoms with Crippen molar-refractivity contribution in [2.75, 3.05) is 5.73 Å². The van der Waals surface area contributed by atoms with E-state index in [0.29, 0.717) is 11.4 Å². The van der Waals surface area contributed by atoms with E-state index in [1.165, 1.54) is 0 Å².